The Labute approximate surface area is 194 Å². The summed E-state index contributed by atoms with van der Waals surface area (Å²) in [5.41, 5.74) is -0.391. The highest BCUT2D eigenvalue weighted by Crippen LogP contribution is 2.50. The number of sulfone groups is 1. The zero-order valence-electron chi connectivity index (χ0n) is 17.3. The predicted molar refractivity (Wildman–Crippen MR) is 116 cm³/mol. The lowest BCUT2D eigenvalue weighted by molar-refractivity contribution is 0.102. The molecule has 174 valence electrons. The monoisotopic (exact) mass is 496 g/mol. The van der Waals surface area contributed by atoms with Crippen LogP contribution in [-0.4, -0.2) is 19.6 Å². The van der Waals surface area contributed by atoms with E-state index < -0.39 is 38.4 Å². The number of carbonyl (C=O) groups is 1. The number of amides is 1. The molecule has 2 aliphatic rings. The summed E-state index contributed by atoms with van der Waals surface area (Å²) in [7, 11) is -3.88. The molecular weight excluding hydrogens is 477 g/mol. The molecule has 5 nitrogen and oxygen atoms in total. The third-order valence-corrected chi connectivity index (χ3v) is 9.47. The lowest BCUT2D eigenvalue weighted by Gasteiger charge is -2.34. The van der Waals surface area contributed by atoms with Crippen LogP contribution in [0.2, 0.25) is 5.02 Å². The van der Waals surface area contributed by atoms with Crippen molar-refractivity contribution in [2.45, 2.75) is 42.2 Å². The van der Waals surface area contributed by atoms with Crippen molar-refractivity contribution in [3.05, 3.63) is 58.4 Å². The molecular formula is C23H20ClF3N2O3S. The summed E-state index contributed by atoms with van der Waals surface area (Å²) in [5, 5.41) is 10.6. The number of hydrogen-bond donors (Lipinski definition) is 1. The third-order valence-electron chi connectivity index (χ3n) is 6.59. The minimum absolute atomic E-state index is 0.0241. The highest BCUT2D eigenvalue weighted by Gasteiger charge is 2.49. The Morgan fingerprint density at radius 2 is 1.70 bits per heavy atom. The Morgan fingerprint density at radius 3 is 2.27 bits per heavy atom. The number of benzene rings is 2. The van der Waals surface area contributed by atoms with Crippen LogP contribution >= 0.6 is 11.6 Å². The van der Waals surface area contributed by atoms with Gasteiger partial charge in [0.1, 0.15) is 0 Å². The number of rotatable bonds is 5. The van der Waals surface area contributed by atoms with E-state index in [4.69, 9.17) is 16.9 Å². The largest absolute Gasteiger partial charge is 0.322 e. The zero-order chi connectivity index (χ0) is 23.9. The van der Waals surface area contributed by atoms with Crippen molar-refractivity contribution in [3.63, 3.8) is 0 Å². The number of nitrogens with zero attached hydrogens (tertiary/aromatic N) is 1. The van der Waals surface area contributed by atoms with Gasteiger partial charge in [-0.1, -0.05) is 11.6 Å². The van der Waals surface area contributed by atoms with Gasteiger partial charge in [0.2, 0.25) is 0 Å². The molecule has 33 heavy (non-hydrogen) atoms. The van der Waals surface area contributed by atoms with Gasteiger partial charge >= 0.3 is 0 Å². The summed E-state index contributed by atoms with van der Waals surface area (Å²) in [6.07, 6.45) is 3.24. The van der Waals surface area contributed by atoms with Gasteiger partial charge in [-0.2, -0.15) is 5.26 Å². The van der Waals surface area contributed by atoms with Crippen molar-refractivity contribution in [2.75, 3.05) is 5.32 Å². The van der Waals surface area contributed by atoms with Crippen LogP contribution in [0.5, 0.6) is 0 Å². The van der Waals surface area contributed by atoms with Gasteiger partial charge in [-0.3, -0.25) is 4.79 Å². The van der Waals surface area contributed by atoms with Crippen LogP contribution in [-0.2, 0) is 9.84 Å². The summed E-state index contributed by atoms with van der Waals surface area (Å²) in [4.78, 5) is 12.5. The van der Waals surface area contributed by atoms with Crippen molar-refractivity contribution in [3.8, 4) is 6.07 Å². The Balaban J connectivity index is 1.61. The molecule has 1 amide bonds. The Bertz CT molecular complexity index is 1230. The lowest BCUT2D eigenvalue weighted by Crippen LogP contribution is -2.37. The van der Waals surface area contributed by atoms with Gasteiger partial charge in [0.05, 0.1) is 21.2 Å². The molecule has 2 aromatic rings. The molecule has 0 saturated heterocycles. The summed E-state index contributed by atoms with van der Waals surface area (Å²) < 4.78 is 67.2. The number of nitriles is 1. The lowest BCUT2D eigenvalue weighted by atomic mass is 9.79. The number of hydrogen-bond acceptors (Lipinski definition) is 4. The van der Waals surface area contributed by atoms with Crippen LogP contribution in [0.1, 0.15) is 42.5 Å². The van der Waals surface area contributed by atoms with Gasteiger partial charge in [0, 0.05) is 29.8 Å². The van der Waals surface area contributed by atoms with Crippen LogP contribution in [0.3, 0.4) is 0 Å². The maximum absolute atomic E-state index is 13.6. The number of halogens is 4. The third kappa shape index (κ3) is 4.46. The smallest absolute Gasteiger partial charge is 0.255 e. The first-order valence-electron chi connectivity index (χ1n) is 10.5. The minimum atomic E-state index is -3.88. The average Bonchev–Trinajstić information content (AvgIpc) is 3.04. The van der Waals surface area contributed by atoms with E-state index in [1.165, 1.54) is 12.1 Å². The number of carbonyl (C=O) groups excluding carboxylic acids is 1. The Hall–Kier alpha value is -2.57. The van der Waals surface area contributed by atoms with Gasteiger partial charge in [-0.25, -0.2) is 21.6 Å². The molecule has 0 aliphatic heterocycles. The highest BCUT2D eigenvalue weighted by atomic mass is 35.5. The summed E-state index contributed by atoms with van der Waals surface area (Å²) in [5.74, 6) is -5.39. The van der Waals surface area contributed by atoms with E-state index in [0.717, 1.165) is 18.9 Å². The summed E-state index contributed by atoms with van der Waals surface area (Å²) >= 11 is 6.22. The van der Waals surface area contributed by atoms with Gasteiger partial charge in [-0.05, 0) is 61.6 Å². The molecule has 10 heteroatoms. The molecule has 0 radical (unpaired) electrons. The van der Waals surface area contributed by atoms with Crippen molar-refractivity contribution >= 4 is 33.0 Å². The molecule has 2 saturated carbocycles. The molecule has 4 atom stereocenters. The molecule has 2 bridgehead atoms. The van der Waals surface area contributed by atoms with Crippen molar-refractivity contribution in [2.24, 2.45) is 17.8 Å². The first-order chi connectivity index (χ1) is 15.6. The van der Waals surface area contributed by atoms with Crippen molar-refractivity contribution < 1.29 is 26.4 Å². The maximum atomic E-state index is 13.6. The van der Waals surface area contributed by atoms with Gasteiger partial charge in [0.15, 0.2) is 27.3 Å². The molecule has 2 aliphatic carbocycles. The molecule has 3 unspecified atom stereocenters. The topological polar surface area (TPSA) is 87.0 Å². The molecule has 1 N–H and O–H groups in total. The van der Waals surface area contributed by atoms with Crippen LogP contribution in [0.25, 0.3) is 0 Å². The second-order valence-electron chi connectivity index (χ2n) is 8.66. The first-order valence-corrected chi connectivity index (χ1v) is 12.4. The standard InChI is InChI=1S/C23H20ClF3N2O3S/c24-17-4-3-15(23(30)29-16-10-18(25)21(27)19(26)11-16)9-20(17)33(31,32)22-13-1-2-14(22)8-12(7-13)5-6-28/h3-4,9-14,22H,1-2,5,7-8H2,(H,29,30)/t12?,13-,14?,22?/m1/s1. The van der Waals surface area contributed by atoms with Gasteiger partial charge in [-0.15, -0.1) is 0 Å². The quantitative estimate of drug-likeness (QED) is 0.553. The van der Waals surface area contributed by atoms with E-state index in [0.29, 0.717) is 31.4 Å². The number of fused-ring (bicyclic) bond motifs is 2. The average molecular weight is 497 g/mol. The van der Waals surface area contributed by atoms with Crippen LogP contribution < -0.4 is 5.32 Å². The molecule has 0 aromatic heterocycles. The van der Waals surface area contributed by atoms with E-state index >= 15 is 0 Å². The maximum Gasteiger partial charge on any atom is 0.255 e. The SMILES string of the molecule is N#CCC1CC2CC[C@H](C1)C2S(=O)(=O)c1cc(C(=O)Nc2cc(F)c(F)c(F)c2)ccc1Cl. The Morgan fingerprint density at radius 1 is 1.09 bits per heavy atom. The highest BCUT2D eigenvalue weighted by molar-refractivity contribution is 7.92. The second-order valence-corrected chi connectivity index (χ2v) is 11.1. The molecule has 0 heterocycles. The fourth-order valence-electron chi connectivity index (χ4n) is 5.24. The molecule has 2 aromatic carbocycles. The number of nitrogens with one attached hydrogen (secondary N) is 1. The van der Waals surface area contributed by atoms with E-state index in [1.807, 2.05) is 0 Å². The predicted octanol–water partition coefficient (Wildman–Crippen LogP) is 5.50. The molecule has 0 spiro atoms. The fourth-order valence-corrected chi connectivity index (χ4v) is 8.11. The second kappa shape index (κ2) is 8.99. The van der Waals surface area contributed by atoms with Crippen molar-refractivity contribution in [1.29, 1.82) is 5.26 Å². The van der Waals surface area contributed by atoms with Crippen LogP contribution in [0.15, 0.2) is 35.2 Å². The molecule has 4 rings (SSSR count). The summed E-state index contributed by atoms with van der Waals surface area (Å²) in [6.45, 7) is 0. The van der Waals surface area contributed by atoms with Gasteiger partial charge in [0.25, 0.3) is 5.91 Å². The van der Waals surface area contributed by atoms with E-state index in [-0.39, 0.29) is 38.9 Å². The van der Waals surface area contributed by atoms with Crippen LogP contribution in [0.4, 0.5) is 18.9 Å². The number of anilines is 1. The summed E-state index contributed by atoms with van der Waals surface area (Å²) in [6, 6.07) is 7.16. The van der Waals surface area contributed by atoms with E-state index in [2.05, 4.69) is 11.4 Å². The van der Waals surface area contributed by atoms with E-state index in [9.17, 15) is 26.4 Å². The van der Waals surface area contributed by atoms with E-state index in [1.54, 1.807) is 0 Å². The first kappa shape index (κ1) is 23.6. The molecule has 2 fully saturated rings. The zero-order valence-corrected chi connectivity index (χ0v) is 18.9. The van der Waals surface area contributed by atoms with Gasteiger partial charge < -0.3 is 5.32 Å². The fraction of sp³-hybridized carbons (Fsp3) is 0.391. The Kier molecular flexibility index (Phi) is 6.43. The van der Waals surface area contributed by atoms with Crippen molar-refractivity contribution in [1.82, 2.24) is 0 Å². The van der Waals surface area contributed by atoms with Crippen LogP contribution in [0, 0.1) is 46.5 Å². The normalized spacial score (nSPS) is 24.3. The minimum Gasteiger partial charge on any atom is -0.322 e.